The number of nitrogens with two attached hydrogens (primary N) is 4. The topological polar surface area (TPSA) is 158 Å². The maximum atomic E-state index is 12.1. The number of carboxylic acid groups (broad SMARTS) is 1. The highest BCUT2D eigenvalue weighted by Gasteiger charge is 2.43. The highest BCUT2D eigenvalue weighted by atomic mass is 16.4. The van der Waals surface area contributed by atoms with Crippen LogP contribution in [0.3, 0.4) is 0 Å². The molecule has 0 aromatic carbocycles. The number of ketones is 1. The fourth-order valence-corrected chi connectivity index (χ4v) is 1.85. The second-order valence-corrected chi connectivity index (χ2v) is 4.78. The normalized spacial score (nSPS) is 15.8. The van der Waals surface area contributed by atoms with Crippen LogP contribution in [0.25, 0.3) is 0 Å². The molecule has 0 spiro atoms. The van der Waals surface area contributed by atoms with Gasteiger partial charge in [-0.15, -0.1) is 0 Å². The number of carbonyl (C=O) groups is 2. The van der Waals surface area contributed by atoms with Gasteiger partial charge in [-0.1, -0.05) is 6.42 Å². The van der Waals surface area contributed by atoms with E-state index in [0.29, 0.717) is 38.8 Å². The minimum absolute atomic E-state index is 0.0585. The molecule has 7 heteroatoms. The third kappa shape index (κ3) is 5.65. The Bertz CT molecular complexity index is 299. The summed E-state index contributed by atoms with van der Waals surface area (Å²) in [5, 5.41) is 9.17. The average Bonchev–Trinajstić information content (AvgIpc) is 2.37. The van der Waals surface area contributed by atoms with Crippen LogP contribution in [0.4, 0.5) is 0 Å². The Hall–Kier alpha value is -1.02. The summed E-state index contributed by atoms with van der Waals surface area (Å²) in [4.78, 5) is 23.3. The lowest BCUT2D eigenvalue weighted by Crippen LogP contribution is -2.60. The van der Waals surface area contributed by atoms with Crippen LogP contribution in [0.2, 0.25) is 0 Å². The maximum Gasteiger partial charge on any atom is 0.331 e. The molecule has 0 aromatic heterocycles. The molecule has 0 saturated carbocycles. The number of Topliss-reactive ketones (excluding diaryl/α,β-unsaturated/α-hetero) is 1. The minimum atomic E-state index is -1.91. The van der Waals surface area contributed by atoms with E-state index >= 15 is 0 Å². The quantitative estimate of drug-likeness (QED) is 0.237. The first-order valence-corrected chi connectivity index (χ1v) is 6.62. The monoisotopic (exact) mass is 274 g/mol. The van der Waals surface area contributed by atoms with Gasteiger partial charge in [0, 0.05) is 0 Å². The van der Waals surface area contributed by atoms with Gasteiger partial charge in [-0.3, -0.25) is 4.79 Å². The lowest BCUT2D eigenvalue weighted by atomic mass is 9.84. The van der Waals surface area contributed by atoms with E-state index in [1.165, 1.54) is 0 Å². The second-order valence-electron chi connectivity index (χ2n) is 4.78. The van der Waals surface area contributed by atoms with Crippen molar-refractivity contribution in [3.05, 3.63) is 0 Å². The molecule has 0 aliphatic rings. The van der Waals surface area contributed by atoms with E-state index in [9.17, 15) is 14.7 Å². The molecule has 0 aliphatic heterocycles. The van der Waals surface area contributed by atoms with Gasteiger partial charge in [0.25, 0.3) is 0 Å². The van der Waals surface area contributed by atoms with Gasteiger partial charge in [-0.25, -0.2) is 4.79 Å². The molecule has 0 aliphatic carbocycles. The van der Waals surface area contributed by atoms with Crippen molar-refractivity contribution in [2.75, 3.05) is 13.1 Å². The smallest absolute Gasteiger partial charge is 0.331 e. The van der Waals surface area contributed by atoms with Crippen molar-refractivity contribution in [1.29, 1.82) is 0 Å². The lowest BCUT2D eigenvalue weighted by Gasteiger charge is -2.26. The molecule has 19 heavy (non-hydrogen) atoms. The summed E-state index contributed by atoms with van der Waals surface area (Å²) in [5.41, 5.74) is 20.2. The molecule has 2 atom stereocenters. The zero-order valence-electron chi connectivity index (χ0n) is 11.3. The number of aliphatic carboxylic acids is 1. The molecule has 112 valence electrons. The molecule has 0 saturated heterocycles. The van der Waals surface area contributed by atoms with E-state index in [-0.39, 0.29) is 6.42 Å². The molecule has 0 heterocycles. The Morgan fingerprint density at radius 1 is 1.05 bits per heavy atom. The van der Waals surface area contributed by atoms with Gasteiger partial charge in [0.1, 0.15) is 0 Å². The van der Waals surface area contributed by atoms with Crippen LogP contribution >= 0.6 is 0 Å². The van der Waals surface area contributed by atoms with Crippen molar-refractivity contribution in [2.24, 2.45) is 22.9 Å². The van der Waals surface area contributed by atoms with Gasteiger partial charge < -0.3 is 28.0 Å². The van der Waals surface area contributed by atoms with Crippen molar-refractivity contribution in [1.82, 2.24) is 0 Å². The summed E-state index contributed by atoms with van der Waals surface area (Å²) in [6, 6.07) is -0.856. The van der Waals surface area contributed by atoms with Crippen LogP contribution in [-0.2, 0) is 9.59 Å². The Labute approximate surface area is 113 Å². The predicted molar refractivity (Wildman–Crippen MR) is 73.3 cm³/mol. The molecular formula is C12H26N4O3. The largest absolute Gasteiger partial charge is 0.480 e. The molecule has 0 unspecified atom stereocenters. The zero-order valence-corrected chi connectivity index (χ0v) is 11.3. The molecule has 0 fully saturated rings. The minimum Gasteiger partial charge on any atom is -0.480 e. The number of hydrogen-bond acceptors (Lipinski definition) is 6. The van der Waals surface area contributed by atoms with Crippen molar-refractivity contribution < 1.29 is 14.7 Å². The van der Waals surface area contributed by atoms with Crippen LogP contribution in [0, 0.1) is 0 Å². The van der Waals surface area contributed by atoms with Crippen molar-refractivity contribution in [3.8, 4) is 0 Å². The Morgan fingerprint density at radius 2 is 1.58 bits per heavy atom. The SMILES string of the molecule is NCCCC[C@@H](N)C(=O)[C@](N)(CCCCN)C(=O)O. The van der Waals surface area contributed by atoms with E-state index < -0.39 is 23.3 Å². The molecule has 0 bridgehead atoms. The number of carboxylic acids is 1. The van der Waals surface area contributed by atoms with Crippen LogP contribution in [0.1, 0.15) is 38.5 Å². The third-order valence-corrected chi connectivity index (χ3v) is 3.15. The highest BCUT2D eigenvalue weighted by Crippen LogP contribution is 2.16. The van der Waals surface area contributed by atoms with Gasteiger partial charge in [0.15, 0.2) is 11.3 Å². The summed E-state index contributed by atoms with van der Waals surface area (Å²) in [6.45, 7) is 0.955. The number of hydrogen-bond donors (Lipinski definition) is 5. The van der Waals surface area contributed by atoms with E-state index in [2.05, 4.69) is 0 Å². The van der Waals surface area contributed by atoms with Gasteiger partial charge >= 0.3 is 5.97 Å². The van der Waals surface area contributed by atoms with Crippen molar-refractivity contribution in [3.63, 3.8) is 0 Å². The number of unbranched alkanes of at least 4 members (excludes halogenated alkanes) is 2. The molecular weight excluding hydrogens is 248 g/mol. The Kier molecular flexibility index (Phi) is 8.49. The lowest BCUT2D eigenvalue weighted by molar-refractivity contribution is -0.149. The molecule has 0 rings (SSSR count). The van der Waals surface area contributed by atoms with Crippen LogP contribution in [0.15, 0.2) is 0 Å². The number of rotatable bonds is 11. The highest BCUT2D eigenvalue weighted by molar-refractivity contribution is 6.09. The standard InChI is InChI=1S/C12H26N4O3/c13-7-3-1-5-9(15)10(17)12(16,11(18)19)6-2-4-8-14/h9H,1-8,13-16H2,(H,18,19)/t9-,12-/m1/s1. The third-order valence-electron chi connectivity index (χ3n) is 3.15. The van der Waals surface area contributed by atoms with Crippen molar-refractivity contribution in [2.45, 2.75) is 50.1 Å². The van der Waals surface area contributed by atoms with Gasteiger partial charge in [0.05, 0.1) is 6.04 Å². The number of carbonyl (C=O) groups excluding carboxylic acids is 1. The molecule has 7 nitrogen and oxygen atoms in total. The second kappa shape index (κ2) is 8.98. The average molecular weight is 274 g/mol. The van der Waals surface area contributed by atoms with E-state index in [4.69, 9.17) is 22.9 Å². The maximum absolute atomic E-state index is 12.1. The molecule has 0 aromatic rings. The summed E-state index contributed by atoms with van der Waals surface area (Å²) in [6.07, 6.45) is 3.01. The molecule has 9 N–H and O–H groups in total. The Balaban J connectivity index is 4.58. The molecule has 0 amide bonds. The van der Waals surface area contributed by atoms with Gasteiger partial charge in [0.2, 0.25) is 0 Å². The first kappa shape index (κ1) is 18.0. The van der Waals surface area contributed by atoms with Crippen molar-refractivity contribution >= 4 is 11.8 Å². The fraction of sp³-hybridized carbons (Fsp3) is 0.833. The summed E-state index contributed by atoms with van der Waals surface area (Å²) in [5.74, 6) is -1.95. The fourth-order valence-electron chi connectivity index (χ4n) is 1.85. The van der Waals surface area contributed by atoms with Gasteiger partial charge in [-0.2, -0.15) is 0 Å². The summed E-state index contributed by atoms with van der Waals surface area (Å²) < 4.78 is 0. The summed E-state index contributed by atoms with van der Waals surface area (Å²) in [7, 11) is 0. The predicted octanol–water partition coefficient (Wildman–Crippen LogP) is -1.08. The van der Waals surface area contributed by atoms with E-state index in [1.54, 1.807) is 0 Å². The Morgan fingerprint density at radius 3 is 2.05 bits per heavy atom. The van der Waals surface area contributed by atoms with E-state index in [1.807, 2.05) is 0 Å². The van der Waals surface area contributed by atoms with E-state index in [0.717, 1.165) is 6.42 Å². The molecule has 0 radical (unpaired) electrons. The summed E-state index contributed by atoms with van der Waals surface area (Å²) >= 11 is 0. The zero-order chi connectivity index (χ0) is 14.9. The van der Waals surface area contributed by atoms with Gasteiger partial charge in [-0.05, 0) is 45.2 Å². The van der Waals surface area contributed by atoms with Crippen LogP contribution in [-0.4, -0.2) is 41.5 Å². The van der Waals surface area contributed by atoms with Crippen LogP contribution in [0.5, 0.6) is 0 Å². The first-order valence-electron chi connectivity index (χ1n) is 6.62. The first-order chi connectivity index (χ1) is 8.90. The van der Waals surface area contributed by atoms with Crippen LogP contribution < -0.4 is 22.9 Å².